The summed E-state index contributed by atoms with van der Waals surface area (Å²) in [7, 11) is 0. The Balaban J connectivity index is 2.43. The first-order valence-electron chi connectivity index (χ1n) is 3.51. The summed E-state index contributed by atoms with van der Waals surface area (Å²) >= 11 is 0. The summed E-state index contributed by atoms with van der Waals surface area (Å²) in [5.74, 6) is 0. The Morgan fingerprint density at radius 2 is 2.36 bits per heavy atom. The van der Waals surface area contributed by atoms with Gasteiger partial charge >= 0.3 is 0 Å². The van der Waals surface area contributed by atoms with Crippen molar-refractivity contribution >= 4 is 0 Å². The highest BCUT2D eigenvalue weighted by atomic mass is 16.5. The van der Waals surface area contributed by atoms with Gasteiger partial charge in [0.2, 0.25) is 0 Å². The van der Waals surface area contributed by atoms with Crippen molar-refractivity contribution in [1.29, 1.82) is 0 Å². The van der Waals surface area contributed by atoms with E-state index in [-0.39, 0.29) is 19.3 Å². The van der Waals surface area contributed by atoms with Crippen molar-refractivity contribution in [3.63, 3.8) is 0 Å². The number of nitrogens with zero attached hydrogens (tertiary/aromatic N) is 1. The minimum absolute atomic E-state index is 0.0850. The van der Waals surface area contributed by atoms with Crippen LogP contribution in [0.4, 0.5) is 0 Å². The van der Waals surface area contributed by atoms with Crippen molar-refractivity contribution < 1.29 is 14.9 Å². The summed E-state index contributed by atoms with van der Waals surface area (Å²) in [6.07, 6.45) is -0.849. The lowest BCUT2D eigenvalue weighted by molar-refractivity contribution is -0.0825. The van der Waals surface area contributed by atoms with Gasteiger partial charge in [0.25, 0.3) is 0 Å². The van der Waals surface area contributed by atoms with E-state index in [1.165, 1.54) is 0 Å². The molecule has 1 fully saturated rings. The van der Waals surface area contributed by atoms with Gasteiger partial charge in [-0.15, -0.1) is 0 Å². The molecule has 1 saturated heterocycles. The molecule has 0 spiro atoms. The summed E-state index contributed by atoms with van der Waals surface area (Å²) < 4.78 is 4.97. The molecule has 1 rings (SSSR count). The average Bonchev–Trinajstić information content (AvgIpc) is 2.05. The Hall–Kier alpha value is -0.520. The Morgan fingerprint density at radius 1 is 1.64 bits per heavy atom. The van der Waals surface area contributed by atoms with E-state index in [9.17, 15) is 4.91 Å². The molecule has 3 unspecified atom stereocenters. The molecule has 0 aromatic carbocycles. The zero-order valence-corrected chi connectivity index (χ0v) is 6.01. The first kappa shape index (κ1) is 8.58. The minimum atomic E-state index is -0.810. The summed E-state index contributed by atoms with van der Waals surface area (Å²) in [6.45, 7) is -0.0413. The van der Waals surface area contributed by atoms with Crippen LogP contribution in [0.5, 0.6) is 0 Å². The van der Waals surface area contributed by atoms with Crippen LogP contribution in [0.25, 0.3) is 0 Å². The van der Waals surface area contributed by atoms with E-state index in [0.29, 0.717) is 6.42 Å². The number of hydrogen-bond donors (Lipinski definition) is 2. The third-order valence-corrected chi connectivity index (χ3v) is 1.79. The fraction of sp³-hybridized carbons (Fsp3) is 1.00. The van der Waals surface area contributed by atoms with E-state index in [0.717, 1.165) is 0 Å². The smallest absolute Gasteiger partial charge is 0.123 e. The Morgan fingerprint density at radius 3 is 2.91 bits per heavy atom. The third kappa shape index (κ3) is 1.95. The predicted octanol–water partition coefficient (Wildman–Crippen LogP) is -0.737. The predicted molar refractivity (Wildman–Crippen MR) is 37.0 cm³/mol. The molecule has 0 aromatic heterocycles. The summed E-state index contributed by atoms with van der Waals surface area (Å²) in [6, 6.07) is -0.624. The van der Waals surface area contributed by atoms with Crippen LogP contribution in [0.2, 0.25) is 0 Å². The van der Waals surface area contributed by atoms with Crippen molar-refractivity contribution in [1.82, 2.24) is 0 Å². The monoisotopic (exact) mass is 161 g/mol. The molecule has 3 atom stereocenters. The van der Waals surface area contributed by atoms with E-state index in [2.05, 4.69) is 5.18 Å². The first-order chi connectivity index (χ1) is 5.27. The van der Waals surface area contributed by atoms with Crippen LogP contribution in [0, 0.1) is 4.91 Å². The Labute approximate surface area is 64.0 Å². The maximum absolute atomic E-state index is 10.1. The van der Waals surface area contributed by atoms with Gasteiger partial charge in [0.1, 0.15) is 12.1 Å². The van der Waals surface area contributed by atoms with Gasteiger partial charge in [0, 0.05) is 6.42 Å². The second kappa shape index (κ2) is 3.75. The molecular weight excluding hydrogens is 150 g/mol. The molecule has 0 radical (unpaired) electrons. The highest BCUT2D eigenvalue weighted by molar-refractivity contribution is 4.82. The van der Waals surface area contributed by atoms with Crippen LogP contribution in [0.1, 0.15) is 6.42 Å². The topological polar surface area (TPSA) is 79.1 Å². The molecule has 5 nitrogen and oxygen atoms in total. The molecule has 0 aromatic rings. The summed E-state index contributed by atoms with van der Waals surface area (Å²) in [5.41, 5.74) is 0. The molecule has 11 heavy (non-hydrogen) atoms. The van der Waals surface area contributed by atoms with Crippen LogP contribution < -0.4 is 0 Å². The van der Waals surface area contributed by atoms with Gasteiger partial charge in [-0.25, -0.2) is 0 Å². The number of aliphatic hydroxyl groups is 2. The van der Waals surface area contributed by atoms with E-state index < -0.39 is 12.1 Å². The maximum atomic E-state index is 10.1. The molecule has 1 aliphatic rings. The quantitative estimate of drug-likeness (QED) is 0.523. The molecule has 5 heteroatoms. The molecule has 64 valence electrons. The second-order valence-electron chi connectivity index (χ2n) is 2.61. The van der Waals surface area contributed by atoms with Gasteiger partial charge in [-0.1, -0.05) is 5.18 Å². The molecule has 1 aliphatic heterocycles. The van der Waals surface area contributed by atoms with Gasteiger partial charge < -0.3 is 14.9 Å². The lowest BCUT2D eigenvalue weighted by Crippen LogP contribution is -2.41. The van der Waals surface area contributed by atoms with Crippen LogP contribution in [-0.4, -0.2) is 41.7 Å². The standard InChI is InChI=1S/C6H11NO4/c8-2-4-1-5(7-10)6(9)3-11-4/h4-6,8-9H,1-3H2. The first-order valence-corrected chi connectivity index (χ1v) is 3.51. The van der Waals surface area contributed by atoms with Gasteiger partial charge in [0.05, 0.1) is 19.3 Å². The maximum Gasteiger partial charge on any atom is 0.123 e. The molecule has 0 aliphatic carbocycles. The van der Waals surface area contributed by atoms with Crippen molar-refractivity contribution in [2.45, 2.75) is 24.7 Å². The van der Waals surface area contributed by atoms with Gasteiger partial charge in [0.15, 0.2) is 0 Å². The number of hydrogen-bond acceptors (Lipinski definition) is 5. The van der Waals surface area contributed by atoms with Crippen molar-refractivity contribution in [3.05, 3.63) is 4.91 Å². The van der Waals surface area contributed by atoms with Crippen molar-refractivity contribution in [2.75, 3.05) is 13.2 Å². The number of ether oxygens (including phenoxy) is 1. The van der Waals surface area contributed by atoms with Gasteiger partial charge in [-0.2, -0.15) is 4.91 Å². The largest absolute Gasteiger partial charge is 0.394 e. The molecule has 1 heterocycles. The summed E-state index contributed by atoms with van der Waals surface area (Å²) in [4.78, 5) is 10.1. The zero-order valence-electron chi connectivity index (χ0n) is 6.01. The third-order valence-electron chi connectivity index (χ3n) is 1.79. The van der Waals surface area contributed by atoms with Crippen molar-refractivity contribution in [2.24, 2.45) is 5.18 Å². The fourth-order valence-corrected chi connectivity index (χ4v) is 1.08. The molecule has 0 bridgehead atoms. The number of aliphatic hydroxyl groups excluding tert-OH is 2. The van der Waals surface area contributed by atoms with E-state index in [1.807, 2.05) is 0 Å². The zero-order chi connectivity index (χ0) is 8.27. The SMILES string of the molecule is O=NC1CC(CO)OCC1O. The minimum Gasteiger partial charge on any atom is -0.394 e. The highest BCUT2D eigenvalue weighted by Crippen LogP contribution is 2.16. The lowest BCUT2D eigenvalue weighted by atomic mass is 10.0. The Bertz CT molecular complexity index is 141. The Kier molecular flexibility index (Phi) is 2.92. The average molecular weight is 161 g/mol. The highest BCUT2D eigenvalue weighted by Gasteiger charge is 2.30. The molecule has 0 saturated carbocycles. The fourth-order valence-electron chi connectivity index (χ4n) is 1.08. The van der Waals surface area contributed by atoms with E-state index in [1.54, 1.807) is 0 Å². The van der Waals surface area contributed by atoms with Crippen LogP contribution in [0.15, 0.2) is 5.18 Å². The normalized spacial score (nSPS) is 38.5. The molecule has 0 amide bonds. The van der Waals surface area contributed by atoms with E-state index in [4.69, 9.17) is 14.9 Å². The van der Waals surface area contributed by atoms with Crippen LogP contribution >= 0.6 is 0 Å². The summed E-state index contributed by atoms with van der Waals surface area (Å²) in [5, 5.41) is 20.5. The van der Waals surface area contributed by atoms with Crippen molar-refractivity contribution in [3.8, 4) is 0 Å². The van der Waals surface area contributed by atoms with Gasteiger partial charge in [-0.05, 0) is 0 Å². The number of nitroso groups, excluding NO2 is 1. The number of rotatable bonds is 2. The van der Waals surface area contributed by atoms with Crippen LogP contribution in [0.3, 0.4) is 0 Å². The molecule has 2 N–H and O–H groups in total. The lowest BCUT2D eigenvalue weighted by Gasteiger charge is -2.28. The second-order valence-corrected chi connectivity index (χ2v) is 2.61. The molecular formula is C6H11NO4. The van der Waals surface area contributed by atoms with E-state index >= 15 is 0 Å². The van der Waals surface area contributed by atoms with Crippen LogP contribution in [-0.2, 0) is 4.74 Å². The van der Waals surface area contributed by atoms with Gasteiger partial charge in [-0.3, -0.25) is 0 Å².